The lowest BCUT2D eigenvalue weighted by Crippen LogP contribution is -2.42. The minimum Gasteiger partial charge on any atom is -0.444 e. The standard InChI is InChI=1S/C32H39F2N5O9/c1-31(2,3)47-27(41)36-14-21-17-39(30(44)46-21)19-8-10-23(25(34)12-19)22-9-7-18(11-24(22)33)38-16-20(45-29(38)43)13-35-26(40)15-37-28(42)48-32(4,5)6/h7-12,20-21H,13-17H2,1-6H3,(H,35,40)(H,36,41)(H,37,42)/t20-,21-/m0/s1. The highest BCUT2D eigenvalue weighted by Crippen LogP contribution is 2.33. The Labute approximate surface area is 276 Å². The Morgan fingerprint density at radius 2 is 1.15 bits per heavy atom. The van der Waals surface area contributed by atoms with Crippen LogP contribution in [0.2, 0.25) is 0 Å². The number of alkyl carbamates (subject to hydrolysis) is 2. The van der Waals surface area contributed by atoms with Crippen molar-refractivity contribution in [3.05, 3.63) is 48.0 Å². The Balaban J connectivity index is 1.32. The number of benzene rings is 2. The molecule has 2 saturated heterocycles. The lowest BCUT2D eigenvalue weighted by Gasteiger charge is -2.20. The SMILES string of the molecule is CC(C)(C)OC(=O)NCC(=O)NC[C@H]1CN(c2ccc(-c3ccc(N4C[C@H](CNC(=O)OC(C)(C)C)OC4=O)cc3F)c(F)c2)C(=O)O1. The van der Waals surface area contributed by atoms with Gasteiger partial charge >= 0.3 is 24.4 Å². The molecule has 2 aromatic rings. The fourth-order valence-electron chi connectivity index (χ4n) is 4.73. The molecule has 2 aliphatic heterocycles. The van der Waals surface area contributed by atoms with Gasteiger partial charge in [-0.25, -0.2) is 28.0 Å². The van der Waals surface area contributed by atoms with E-state index in [9.17, 15) is 24.0 Å². The minimum absolute atomic E-state index is 0.000670. The molecule has 4 rings (SSSR count). The van der Waals surface area contributed by atoms with E-state index in [1.807, 2.05) is 0 Å². The fraction of sp³-hybridized carbons (Fsp3) is 0.469. The molecule has 2 heterocycles. The number of nitrogens with one attached hydrogen (secondary N) is 3. The van der Waals surface area contributed by atoms with Gasteiger partial charge in [0.2, 0.25) is 5.91 Å². The monoisotopic (exact) mass is 675 g/mol. The Kier molecular flexibility index (Phi) is 10.6. The highest BCUT2D eigenvalue weighted by atomic mass is 19.1. The fourth-order valence-corrected chi connectivity index (χ4v) is 4.73. The van der Waals surface area contributed by atoms with Crippen molar-refractivity contribution in [2.24, 2.45) is 0 Å². The quantitative estimate of drug-likeness (QED) is 0.326. The van der Waals surface area contributed by atoms with Crippen molar-refractivity contribution in [2.45, 2.75) is 65.0 Å². The topological polar surface area (TPSA) is 165 Å². The van der Waals surface area contributed by atoms with E-state index in [-0.39, 0.29) is 55.2 Å². The summed E-state index contributed by atoms with van der Waals surface area (Å²) < 4.78 is 51.3. The first kappa shape index (κ1) is 35.7. The maximum atomic E-state index is 15.3. The van der Waals surface area contributed by atoms with Crippen molar-refractivity contribution in [1.82, 2.24) is 16.0 Å². The number of halogens is 2. The molecule has 0 saturated carbocycles. The largest absolute Gasteiger partial charge is 0.444 e. The van der Waals surface area contributed by atoms with Crippen LogP contribution in [0.5, 0.6) is 0 Å². The van der Waals surface area contributed by atoms with Gasteiger partial charge in [0.25, 0.3) is 0 Å². The van der Waals surface area contributed by atoms with Crippen LogP contribution in [0.3, 0.4) is 0 Å². The zero-order valence-electron chi connectivity index (χ0n) is 27.5. The molecule has 0 aromatic heterocycles. The molecule has 0 bridgehead atoms. The third kappa shape index (κ3) is 9.68. The highest BCUT2D eigenvalue weighted by Gasteiger charge is 2.35. The van der Waals surface area contributed by atoms with Gasteiger partial charge in [0.15, 0.2) is 0 Å². The van der Waals surface area contributed by atoms with E-state index in [1.165, 1.54) is 34.1 Å². The Morgan fingerprint density at radius 3 is 1.56 bits per heavy atom. The second-order valence-corrected chi connectivity index (χ2v) is 13.1. The molecule has 3 N–H and O–H groups in total. The predicted octanol–water partition coefficient (Wildman–Crippen LogP) is 4.45. The summed E-state index contributed by atoms with van der Waals surface area (Å²) in [6.45, 7) is 9.82. The van der Waals surface area contributed by atoms with E-state index >= 15 is 8.78 Å². The van der Waals surface area contributed by atoms with Gasteiger partial charge in [-0.15, -0.1) is 0 Å². The van der Waals surface area contributed by atoms with Crippen LogP contribution in [-0.2, 0) is 23.7 Å². The van der Waals surface area contributed by atoms with Crippen molar-refractivity contribution in [1.29, 1.82) is 0 Å². The first-order chi connectivity index (χ1) is 22.4. The van der Waals surface area contributed by atoms with Crippen LogP contribution in [0, 0.1) is 11.6 Å². The molecule has 5 amide bonds. The molecule has 14 nitrogen and oxygen atoms in total. The molecule has 2 aliphatic rings. The maximum absolute atomic E-state index is 15.3. The molecule has 0 spiro atoms. The van der Waals surface area contributed by atoms with Crippen LogP contribution in [0.25, 0.3) is 11.1 Å². The minimum atomic E-state index is -0.814. The molecule has 16 heteroatoms. The normalized spacial score (nSPS) is 17.8. The molecular weight excluding hydrogens is 636 g/mol. The lowest BCUT2D eigenvalue weighted by atomic mass is 10.0. The number of amides is 5. The maximum Gasteiger partial charge on any atom is 0.414 e. The van der Waals surface area contributed by atoms with Gasteiger partial charge in [-0.1, -0.05) is 0 Å². The number of hydrogen-bond acceptors (Lipinski definition) is 9. The van der Waals surface area contributed by atoms with E-state index < -0.39 is 65.3 Å². The number of nitrogens with zero attached hydrogens (tertiary/aromatic N) is 2. The summed E-state index contributed by atoms with van der Waals surface area (Å²) in [5.41, 5.74) is -1.25. The van der Waals surface area contributed by atoms with Crippen molar-refractivity contribution in [3.8, 4) is 11.1 Å². The van der Waals surface area contributed by atoms with Gasteiger partial charge in [0.05, 0.1) is 44.1 Å². The van der Waals surface area contributed by atoms with E-state index in [4.69, 9.17) is 18.9 Å². The molecule has 2 atom stereocenters. The molecule has 2 fully saturated rings. The number of carbonyl (C=O) groups excluding carboxylic acids is 5. The summed E-state index contributed by atoms with van der Waals surface area (Å²) >= 11 is 0. The average Bonchev–Trinajstić information content (AvgIpc) is 3.53. The molecule has 0 aliphatic carbocycles. The molecule has 260 valence electrons. The van der Waals surface area contributed by atoms with Gasteiger partial charge in [-0.05, 0) is 77.9 Å². The van der Waals surface area contributed by atoms with Gasteiger partial charge in [-0.2, -0.15) is 0 Å². The van der Waals surface area contributed by atoms with Crippen molar-refractivity contribution in [3.63, 3.8) is 0 Å². The third-order valence-electron chi connectivity index (χ3n) is 6.76. The van der Waals surface area contributed by atoms with E-state index in [2.05, 4.69) is 16.0 Å². The van der Waals surface area contributed by atoms with Gasteiger partial charge in [0.1, 0.15) is 35.0 Å². The van der Waals surface area contributed by atoms with E-state index in [0.29, 0.717) is 0 Å². The first-order valence-electron chi connectivity index (χ1n) is 15.1. The van der Waals surface area contributed by atoms with E-state index in [1.54, 1.807) is 41.5 Å². The highest BCUT2D eigenvalue weighted by molar-refractivity contribution is 5.91. The third-order valence-corrected chi connectivity index (χ3v) is 6.76. The van der Waals surface area contributed by atoms with Crippen LogP contribution in [-0.4, -0.2) is 86.4 Å². The zero-order valence-corrected chi connectivity index (χ0v) is 27.5. The van der Waals surface area contributed by atoms with Gasteiger partial charge in [0, 0.05) is 11.1 Å². The average molecular weight is 676 g/mol. The van der Waals surface area contributed by atoms with Crippen molar-refractivity contribution < 1.29 is 51.7 Å². The zero-order chi connectivity index (χ0) is 35.4. The summed E-state index contributed by atoms with van der Waals surface area (Å²) in [4.78, 5) is 63.1. The van der Waals surface area contributed by atoms with Gasteiger partial charge in [-0.3, -0.25) is 14.6 Å². The number of carbonyl (C=O) groups is 5. The molecule has 0 unspecified atom stereocenters. The predicted molar refractivity (Wildman–Crippen MR) is 169 cm³/mol. The summed E-state index contributed by atoms with van der Waals surface area (Å²) in [5.74, 6) is -2.15. The number of anilines is 2. The Hall–Kier alpha value is -5.15. The summed E-state index contributed by atoms with van der Waals surface area (Å²) in [6.07, 6.45) is -4.37. The second-order valence-electron chi connectivity index (χ2n) is 13.1. The summed E-state index contributed by atoms with van der Waals surface area (Å²) in [6, 6.07) is 7.65. The van der Waals surface area contributed by atoms with Crippen molar-refractivity contribution >= 4 is 41.7 Å². The molecule has 0 radical (unpaired) electrons. The number of ether oxygens (including phenoxy) is 4. The first-order valence-corrected chi connectivity index (χ1v) is 15.1. The van der Waals surface area contributed by atoms with Crippen LogP contribution in [0.15, 0.2) is 36.4 Å². The number of cyclic esters (lactones) is 2. The van der Waals surface area contributed by atoms with Crippen LogP contribution in [0.4, 0.5) is 39.3 Å². The van der Waals surface area contributed by atoms with Gasteiger partial charge < -0.3 is 34.9 Å². The Morgan fingerprint density at radius 1 is 0.729 bits per heavy atom. The second kappa shape index (κ2) is 14.3. The van der Waals surface area contributed by atoms with Crippen LogP contribution in [0.1, 0.15) is 41.5 Å². The molecule has 2 aromatic carbocycles. The van der Waals surface area contributed by atoms with Crippen LogP contribution < -0.4 is 25.8 Å². The molecule has 48 heavy (non-hydrogen) atoms. The lowest BCUT2D eigenvalue weighted by molar-refractivity contribution is -0.120. The summed E-state index contributed by atoms with van der Waals surface area (Å²) in [5, 5.41) is 7.40. The van der Waals surface area contributed by atoms with Crippen molar-refractivity contribution in [2.75, 3.05) is 42.5 Å². The number of rotatable bonds is 9. The molecular formula is C32H39F2N5O9. The Bertz CT molecular complexity index is 1570. The van der Waals surface area contributed by atoms with Crippen LogP contribution >= 0.6 is 0 Å². The smallest absolute Gasteiger partial charge is 0.414 e. The summed E-state index contributed by atoms with van der Waals surface area (Å²) in [7, 11) is 0. The number of hydrogen-bond donors (Lipinski definition) is 3. The van der Waals surface area contributed by atoms with E-state index in [0.717, 1.165) is 12.1 Å².